The normalized spacial score (nSPS) is 12.6. The predicted octanol–water partition coefficient (Wildman–Crippen LogP) is 3.32. The molecule has 0 aliphatic heterocycles. The van der Waals surface area contributed by atoms with Gasteiger partial charge in [-0.25, -0.2) is 9.97 Å². The minimum absolute atomic E-state index is 0.457. The van der Waals surface area contributed by atoms with Gasteiger partial charge in [-0.1, -0.05) is 27.7 Å². The van der Waals surface area contributed by atoms with Gasteiger partial charge in [0.15, 0.2) is 0 Å². The van der Waals surface area contributed by atoms with Crippen molar-refractivity contribution in [3.63, 3.8) is 0 Å². The van der Waals surface area contributed by atoms with Crippen LogP contribution in [-0.2, 0) is 6.42 Å². The molecule has 0 aliphatic carbocycles. The van der Waals surface area contributed by atoms with Crippen molar-refractivity contribution >= 4 is 11.6 Å². The van der Waals surface area contributed by atoms with E-state index in [2.05, 4.69) is 55.2 Å². The van der Waals surface area contributed by atoms with Crippen molar-refractivity contribution in [1.29, 1.82) is 0 Å². The van der Waals surface area contributed by atoms with Gasteiger partial charge in [0.2, 0.25) is 0 Å². The van der Waals surface area contributed by atoms with Crippen molar-refractivity contribution < 1.29 is 0 Å². The lowest BCUT2D eigenvalue weighted by Gasteiger charge is -2.21. The van der Waals surface area contributed by atoms with E-state index in [4.69, 9.17) is 0 Å². The molecular formula is C14H26N4. The quantitative estimate of drug-likeness (QED) is 0.779. The number of rotatable bonds is 7. The van der Waals surface area contributed by atoms with E-state index in [9.17, 15) is 0 Å². The molecule has 0 amide bonds. The van der Waals surface area contributed by atoms with Crippen LogP contribution in [0.5, 0.6) is 0 Å². The van der Waals surface area contributed by atoms with E-state index in [1.165, 1.54) is 0 Å². The van der Waals surface area contributed by atoms with Crippen LogP contribution in [0.3, 0.4) is 0 Å². The van der Waals surface area contributed by atoms with Crippen molar-refractivity contribution in [1.82, 2.24) is 9.97 Å². The molecule has 2 N–H and O–H groups in total. The summed E-state index contributed by atoms with van der Waals surface area (Å²) < 4.78 is 0. The third-order valence-corrected chi connectivity index (χ3v) is 3.02. The molecule has 0 aromatic carbocycles. The molecule has 102 valence electrons. The fourth-order valence-electron chi connectivity index (χ4n) is 1.93. The highest BCUT2D eigenvalue weighted by Crippen LogP contribution is 2.16. The van der Waals surface area contributed by atoms with E-state index in [-0.39, 0.29) is 0 Å². The Kier molecular flexibility index (Phi) is 5.89. The molecule has 1 rings (SSSR count). The van der Waals surface area contributed by atoms with Gasteiger partial charge < -0.3 is 10.6 Å². The summed E-state index contributed by atoms with van der Waals surface area (Å²) in [6.07, 6.45) is 1.95. The van der Waals surface area contributed by atoms with E-state index >= 15 is 0 Å². The minimum atomic E-state index is 0.457. The first-order chi connectivity index (χ1) is 8.60. The maximum Gasteiger partial charge on any atom is 0.132 e. The molecule has 0 spiro atoms. The molecule has 1 atom stereocenters. The molecule has 4 nitrogen and oxygen atoms in total. The summed E-state index contributed by atoms with van der Waals surface area (Å²) in [7, 11) is 0. The summed E-state index contributed by atoms with van der Waals surface area (Å²) in [6.45, 7) is 11.7. The van der Waals surface area contributed by atoms with E-state index in [0.29, 0.717) is 12.0 Å². The number of nitrogens with one attached hydrogen (secondary N) is 2. The monoisotopic (exact) mass is 250 g/mol. The van der Waals surface area contributed by atoms with Crippen molar-refractivity contribution in [3.8, 4) is 0 Å². The van der Waals surface area contributed by atoms with Gasteiger partial charge in [-0.05, 0) is 19.3 Å². The number of aromatic nitrogens is 2. The Morgan fingerprint density at radius 3 is 2.28 bits per heavy atom. The molecule has 0 fully saturated rings. The molecular weight excluding hydrogens is 224 g/mol. The fraction of sp³-hybridized carbons (Fsp3) is 0.714. The Bertz CT molecular complexity index is 363. The molecule has 1 aromatic heterocycles. The first-order valence-corrected chi connectivity index (χ1v) is 6.99. The maximum atomic E-state index is 4.54. The Labute approximate surface area is 111 Å². The number of aryl methyl sites for hydroxylation is 1. The predicted molar refractivity (Wildman–Crippen MR) is 78.1 cm³/mol. The Hall–Kier alpha value is -1.32. The van der Waals surface area contributed by atoms with Crippen molar-refractivity contribution in [2.45, 2.75) is 53.5 Å². The average Bonchev–Trinajstić information content (AvgIpc) is 2.35. The zero-order valence-corrected chi connectivity index (χ0v) is 12.2. The van der Waals surface area contributed by atoms with Crippen LogP contribution in [0.15, 0.2) is 6.07 Å². The highest BCUT2D eigenvalue weighted by molar-refractivity contribution is 5.48. The van der Waals surface area contributed by atoms with Gasteiger partial charge in [-0.3, -0.25) is 0 Å². The van der Waals surface area contributed by atoms with Gasteiger partial charge >= 0.3 is 0 Å². The van der Waals surface area contributed by atoms with Gasteiger partial charge in [0.1, 0.15) is 17.5 Å². The topological polar surface area (TPSA) is 49.8 Å². The van der Waals surface area contributed by atoms with Crippen LogP contribution >= 0.6 is 0 Å². The molecule has 0 saturated heterocycles. The Morgan fingerprint density at radius 2 is 1.78 bits per heavy atom. The summed E-state index contributed by atoms with van der Waals surface area (Å²) in [5, 5.41) is 6.76. The van der Waals surface area contributed by atoms with Crippen LogP contribution in [0.25, 0.3) is 0 Å². The standard InChI is InChI=1S/C14H26N4/c1-6-11(10(4)5)16-14-9-13(15-8-3)17-12(7-2)18-14/h9-11H,6-8H2,1-5H3,(H2,15,16,17,18). The van der Waals surface area contributed by atoms with Crippen LogP contribution in [0.4, 0.5) is 11.6 Å². The Balaban J connectivity index is 2.89. The van der Waals surface area contributed by atoms with Gasteiger partial charge in [0.25, 0.3) is 0 Å². The van der Waals surface area contributed by atoms with Crippen LogP contribution in [0, 0.1) is 5.92 Å². The van der Waals surface area contributed by atoms with Crippen molar-refractivity contribution in [2.24, 2.45) is 5.92 Å². The summed E-state index contributed by atoms with van der Waals surface area (Å²) in [5.41, 5.74) is 0. The van der Waals surface area contributed by atoms with E-state index in [1.54, 1.807) is 0 Å². The average molecular weight is 250 g/mol. The number of hydrogen-bond donors (Lipinski definition) is 2. The van der Waals surface area contributed by atoms with Crippen LogP contribution in [0.1, 0.15) is 46.9 Å². The summed E-state index contributed by atoms with van der Waals surface area (Å²) >= 11 is 0. The minimum Gasteiger partial charge on any atom is -0.370 e. The van der Waals surface area contributed by atoms with Crippen molar-refractivity contribution in [2.75, 3.05) is 17.2 Å². The van der Waals surface area contributed by atoms with Gasteiger partial charge in [-0.2, -0.15) is 0 Å². The maximum absolute atomic E-state index is 4.54. The lowest BCUT2D eigenvalue weighted by Crippen LogP contribution is -2.25. The smallest absolute Gasteiger partial charge is 0.132 e. The number of nitrogens with zero attached hydrogens (tertiary/aromatic N) is 2. The van der Waals surface area contributed by atoms with E-state index in [0.717, 1.165) is 36.8 Å². The molecule has 18 heavy (non-hydrogen) atoms. The summed E-state index contributed by atoms with van der Waals surface area (Å²) in [6, 6.07) is 2.45. The van der Waals surface area contributed by atoms with Gasteiger partial charge in [0.05, 0.1) is 0 Å². The molecule has 0 aliphatic rings. The Morgan fingerprint density at radius 1 is 1.11 bits per heavy atom. The molecule has 0 radical (unpaired) electrons. The van der Waals surface area contributed by atoms with Gasteiger partial charge in [-0.15, -0.1) is 0 Å². The lowest BCUT2D eigenvalue weighted by atomic mass is 10.0. The van der Waals surface area contributed by atoms with Gasteiger partial charge in [0, 0.05) is 25.1 Å². The second-order valence-electron chi connectivity index (χ2n) is 4.84. The largest absolute Gasteiger partial charge is 0.370 e. The van der Waals surface area contributed by atoms with Crippen LogP contribution in [-0.4, -0.2) is 22.6 Å². The third kappa shape index (κ3) is 4.17. The van der Waals surface area contributed by atoms with Crippen LogP contribution in [0.2, 0.25) is 0 Å². The summed E-state index contributed by atoms with van der Waals surface area (Å²) in [5.74, 6) is 3.32. The molecule has 0 bridgehead atoms. The molecule has 0 saturated carbocycles. The molecule has 1 heterocycles. The fourth-order valence-corrected chi connectivity index (χ4v) is 1.93. The van der Waals surface area contributed by atoms with E-state index < -0.39 is 0 Å². The molecule has 4 heteroatoms. The van der Waals surface area contributed by atoms with E-state index in [1.807, 2.05) is 6.07 Å². The van der Waals surface area contributed by atoms with Crippen molar-refractivity contribution in [3.05, 3.63) is 11.9 Å². The third-order valence-electron chi connectivity index (χ3n) is 3.02. The second-order valence-corrected chi connectivity index (χ2v) is 4.84. The number of hydrogen-bond acceptors (Lipinski definition) is 4. The zero-order valence-electron chi connectivity index (χ0n) is 12.2. The number of anilines is 2. The first kappa shape index (κ1) is 14.7. The summed E-state index contributed by atoms with van der Waals surface area (Å²) in [4.78, 5) is 9.00. The highest BCUT2D eigenvalue weighted by atomic mass is 15.1. The first-order valence-electron chi connectivity index (χ1n) is 6.99. The molecule has 1 aromatic rings. The lowest BCUT2D eigenvalue weighted by molar-refractivity contribution is 0.509. The zero-order chi connectivity index (χ0) is 13.5. The molecule has 1 unspecified atom stereocenters. The SMILES string of the molecule is CCNc1cc(NC(CC)C(C)C)nc(CC)n1. The highest BCUT2D eigenvalue weighted by Gasteiger charge is 2.12. The second kappa shape index (κ2) is 7.19. The van der Waals surface area contributed by atoms with Crippen LogP contribution < -0.4 is 10.6 Å².